The van der Waals surface area contributed by atoms with Crippen molar-refractivity contribution in [1.82, 2.24) is 4.98 Å². The lowest BCUT2D eigenvalue weighted by molar-refractivity contribution is 0.112. The van der Waals surface area contributed by atoms with Gasteiger partial charge in [-0.05, 0) is 12.1 Å². The Kier molecular flexibility index (Phi) is 1.84. The van der Waals surface area contributed by atoms with E-state index in [0.717, 1.165) is 15.4 Å². The topological polar surface area (TPSA) is 53.1 Å². The number of aromatic hydroxyl groups is 1. The van der Waals surface area contributed by atoms with Gasteiger partial charge in [0.25, 0.3) is 0 Å². The molecule has 1 heterocycles. The highest BCUT2D eigenvalue weighted by atomic mass is 79.9. The Morgan fingerprint density at radius 2 is 2.23 bits per heavy atom. The quantitative estimate of drug-likeness (QED) is 0.752. The Hall–Kier alpha value is -1.29. The number of nitrogens with one attached hydrogen (secondary N) is 1. The molecule has 0 aliphatic carbocycles. The lowest BCUT2D eigenvalue weighted by Crippen LogP contribution is -1.77. The normalized spacial score (nSPS) is 10.5. The third-order valence-corrected chi connectivity index (χ3v) is 2.57. The molecule has 1 aromatic heterocycles. The fourth-order valence-electron chi connectivity index (χ4n) is 1.33. The molecule has 0 atom stereocenters. The summed E-state index contributed by atoms with van der Waals surface area (Å²) in [6, 6.07) is 5.45. The van der Waals surface area contributed by atoms with E-state index >= 15 is 0 Å². The molecule has 0 saturated carbocycles. The number of hydrogen-bond donors (Lipinski definition) is 2. The highest BCUT2D eigenvalue weighted by Crippen LogP contribution is 2.31. The van der Waals surface area contributed by atoms with Gasteiger partial charge in [-0.1, -0.05) is 22.0 Å². The summed E-state index contributed by atoms with van der Waals surface area (Å²) in [7, 11) is 0. The van der Waals surface area contributed by atoms with Crippen LogP contribution in [-0.4, -0.2) is 16.4 Å². The standard InChI is InChI=1S/C9H6BrNO2/c10-6-2-1-3-7-8(6)5(4-12)9(13)11-7/h1-4,11,13H. The van der Waals surface area contributed by atoms with Gasteiger partial charge in [-0.2, -0.15) is 0 Å². The Labute approximate surface area is 82.5 Å². The van der Waals surface area contributed by atoms with Crippen LogP contribution in [-0.2, 0) is 0 Å². The first-order chi connectivity index (χ1) is 6.24. The number of aromatic amines is 1. The number of hydrogen-bond acceptors (Lipinski definition) is 2. The third kappa shape index (κ3) is 1.14. The largest absolute Gasteiger partial charge is 0.494 e. The van der Waals surface area contributed by atoms with E-state index in [1.54, 1.807) is 6.07 Å². The molecule has 66 valence electrons. The fourth-order valence-corrected chi connectivity index (χ4v) is 1.91. The van der Waals surface area contributed by atoms with Crippen LogP contribution >= 0.6 is 15.9 Å². The Morgan fingerprint density at radius 1 is 1.46 bits per heavy atom. The number of aldehydes is 1. The molecular weight excluding hydrogens is 234 g/mol. The van der Waals surface area contributed by atoms with Crippen molar-refractivity contribution < 1.29 is 9.90 Å². The summed E-state index contributed by atoms with van der Waals surface area (Å²) >= 11 is 3.31. The van der Waals surface area contributed by atoms with Crippen LogP contribution in [0.4, 0.5) is 0 Å². The molecule has 0 aliphatic heterocycles. The van der Waals surface area contributed by atoms with Crippen molar-refractivity contribution in [3.63, 3.8) is 0 Å². The number of halogens is 1. The van der Waals surface area contributed by atoms with Crippen LogP contribution in [0.3, 0.4) is 0 Å². The lowest BCUT2D eigenvalue weighted by Gasteiger charge is -1.92. The first kappa shape index (κ1) is 8.31. The third-order valence-electron chi connectivity index (χ3n) is 1.91. The SMILES string of the molecule is O=Cc1c(O)[nH]c2cccc(Br)c12. The van der Waals surface area contributed by atoms with E-state index in [0.29, 0.717) is 11.8 Å². The van der Waals surface area contributed by atoms with E-state index in [2.05, 4.69) is 20.9 Å². The van der Waals surface area contributed by atoms with Gasteiger partial charge in [-0.25, -0.2) is 0 Å². The van der Waals surface area contributed by atoms with Crippen LogP contribution in [0.2, 0.25) is 0 Å². The van der Waals surface area contributed by atoms with Crippen LogP contribution in [0.5, 0.6) is 5.88 Å². The van der Waals surface area contributed by atoms with Gasteiger partial charge in [0.2, 0.25) is 0 Å². The fraction of sp³-hybridized carbons (Fsp3) is 0. The van der Waals surface area contributed by atoms with Crippen molar-refractivity contribution in [3.8, 4) is 5.88 Å². The summed E-state index contributed by atoms with van der Waals surface area (Å²) in [5.74, 6) is -0.0862. The molecule has 0 aliphatic rings. The zero-order valence-corrected chi connectivity index (χ0v) is 8.13. The molecular formula is C9H6BrNO2. The van der Waals surface area contributed by atoms with Crippen LogP contribution in [0.25, 0.3) is 10.9 Å². The smallest absolute Gasteiger partial charge is 0.200 e. The average molecular weight is 240 g/mol. The summed E-state index contributed by atoms with van der Waals surface area (Å²) < 4.78 is 0.795. The highest BCUT2D eigenvalue weighted by Gasteiger charge is 2.11. The molecule has 0 spiro atoms. The number of rotatable bonds is 1. The molecule has 0 bridgehead atoms. The number of aromatic nitrogens is 1. The van der Waals surface area contributed by atoms with Crippen molar-refractivity contribution in [2.45, 2.75) is 0 Å². The maximum atomic E-state index is 10.7. The van der Waals surface area contributed by atoms with Crippen molar-refractivity contribution in [2.24, 2.45) is 0 Å². The van der Waals surface area contributed by atoms with Crippen molar-refractivity contribution in [2.75, 3.05) is 0 Å². The zero-order valence-electron chi connectivity index (χ0n) is 6.54. The average Bonchev–Trinajstić information content (AvgIpc) is 2.42. The van der Waals surface area contributed by atoms with Crippen LogP contribution in [0.1, 0.15) is 10.4 Å². The number of carbonyl (C=O) groups excluding carboxylic acids is 1. The molecule has 0 amide bonds. The molecule has 0 saturated heterocycles. The summed E-state index contributed by atoms with van der Waals surface area (Å²) in [4.78, 5) is 13.4. The predicted octanol–water partition coefficient (Wildman–Crippen LogP) is 2.45. The van der Waals surface area contributed by atoms with Crippen LogP contribution < -0.4 is 0 Å². The summed E-state index contributed by atoms with van der Waals surface area (Å²) in [6.07, 6.45) is 0.638. The molecule has 2 rings (SSSR count). The van der Waals surface area contributed by atoms with Crippen molar-refractivity contribution in [1.29, 1.82) is 0 Å². The number of fused-ring (bicyclic) bond motifs is 1. The Bertz CT molecular complexity index is 476. The molecule has 2 aromatic rings. The predicted molar refractivity (Wildman–Crippen MR) is 53.1 cm³/mol. The maximum Gasteiger partial charge on any atom is 0.200 e. The van der Waals surface area contributed by atoms with Crippen LogP contribution in [0, 0.1) is 0 Å². The molecule has 1 aromatic carbocycles. The second kappa shape index (κ2) is 2.88. The second-order valence-corrected chi connectivity index (χ2v) is 3.52. The molecule has 0 unspecified atom stereocenters. The van der Waals surface area contributed by atoms with Crippen molar-refractivity contribution >= 4 is 33.1 Å². The second-order valence-electron chi connectivity index (χ2n) is 2.67. The first-order valence-corrected chi connectivity index (χ1v) is 4.47. The molecule has 4 heteroatoms. The van der Waals surface area contributed by atoms with E-state index in [9.17, 15) is 9.90 Å². The lowest BCUT2D eigenvalue weighted by atomic mass is 10.2. The monoisotopic (exact) mass is 239 g/mol. The van der Waals surface area contributed by atoms with Gasteiger partial charge in [0, 0.05) is 9.86 Å². The van der Waals surface area contributed by atoms with E-state index < -0.39 is 0 Å². The summed E-state index contributed by atoms with van der Waals surface area (Å²) in [6.45, 7) is 0. The van der Waals surface area contributed by atoms with Crippen molar-refractivity contribution in [3.05, 3.63) is 28.2 Å². The van der Waals surface area contributed by atoms with Gasteiger partial charge in [-0.3, -0.25) is 4.79 Å². The van der Waals surface area contributed by atoms with E-state index in [1.807, 2.05) is 12.1 Å². The number of benzene rings is 1. The van der Waals surface area contributed by atoms with Gasteiger partial charge >= 0.3 is 0 Å². The van der Waals surface area contributed by atoms with Gasteiger partial charge in [-0.15, -0.1) is 0 Å². The highest BCUT2D eigenvalue weighted by molar-refractivity contribution is 9.10. The first-order valence-electron chi connectivity index (χ1n) is 3.68. The van der Waals surface area contributed by atoms with E-state index in [4.69, 9.17) is 0 Å². The van der Waals surface area contributed by atoms with Gasteiger partial charge in [0.1, 0.15) is 0 Å². The molecule has 13 heavy (non-hydrogen) atoms. The van der Waals surface area contributed by atoms with Gasteiger partial charge in [0.15, 0.2) is 12.2 Å². The van der Waals surface area contributed by atoms with E-state index in [-0.39, 0.29) is 5.88 Å². The maximum absolute atomic E-state index is 10.7. The zero-order chi connectivity index (χ0) is 9.42. The van der Waals surface area contributed by atoms with Crippen LogP contribution in [0.15, 0.2) is 22.7 Å². The number of carbonyl (C=O) groups is 1. The Morgan fingerprint density at radius 3 is 2.92 bits per heavy atom. The molecule has 0 radical (unpaired) electrons. The number of H-pyrrole nitrogens is 1. The molecule has 2 N–H and O–H groups in total. The Balaban J connectivity index is 2.96. The molecule has 3 nitrogen and oxygen atoms in total. The molecule has 0 fully saturated rings. The minimum atomic E-state index is -0.0862. The minimum absolute atomic E-state index is 0.0862. The summed E-state index contributed by atoms with van der Waals surface area (Å²) in [5, 5.41) is 10.1. The summed E-state index contributed by atoms with van der Waals surface area (Å²) in [5.41, 5.74) is 1.04. The van der Waals surface area contributed by atoms with Gasteiger partial charge in [0.05, 0.1) is 11.1 Å². The van der Waals surface area contributed by atoms with Gasteiger partial charge < -0.3 is 10.1 Å². The minimum Gasteiger partial charge on any atom is -0.494 e. The van der Waals surface area contributed by atoms with E-state index in [1.165, 1.54) is 0 Å².